The van der Waals surface area contributed by atoms with E-state index in [1.54, 1.807) is 30.5 Å². The van der Waals surface area contributed by atoms with Gasteiger partial charge in [0.25, 0.3) is 11.5 Å². The van der Waals surface area contributed by atoms with Gasteiger partial charge < -0.3 is 14.6 Å². The fraction of sp³-hybridized carbons (Fsp3) is 0.320. The van der Waals surface area contributed by atoms with Crippen molar-refractivity contribution in [3.05, 3.63) is 68.8 Å². The number of ether oxygens (including phenoxy) is 1. The zero-order valence-corrected chi connectivity index (χ0v) is 20.3. The molecule has 0 aliphatic heterocycles. The zero-order valence-electron chi connectivity index (χ0n) is 19.5. The first-order valence-electron chi connectivity index (χ1n) is 11.5. The van der Waals surface area contributed by atoms with Crippen molar-refractivity contribution in [1.82, 2.24) is 14.9 Å². The molecule has 1 aliphatic rings. The average Bonchev–Trinajstić information content (AvgIpc) is 3.42. The van der Waals surface area contributed by atoms with Crippen LogP contribution in [0.5, 0.6) is 0 Å². The van der Waals surface area contributed by atoms with Crippen molar-refractivity contribution in [2.75, 3.05) is 11.9 Å². The minimum Gasteiger partial charge on any atom is -0.461 e. The first-order valence-corrected chi connectivity index (χ1v) is 12.3. The molecule has 1 N–H and O–H groups in total. The van der Waals surface area contributed by atoms with E-state index in [0.29, 0.717) is 33.7 Å². The van der Waals surface area contributed by atoms with Crippen molar-refractivity contribution in [1.29, 1.82) is 0 Å². The van der Waals surface area contributed by atoms with Gasteiger partial charge in [0.2, 0.25) is 0 Å². The maximum Gasteiger partial charge on any atom is 0.359 e. The first-order chi connectivity index (χ1) is 16.9. The summed E-state index contributed by atoms with van der Waals surface area (Å²) < 4.78 is 11.6. The maximum atomic E-state index is 13.6. The Morgan fingerprint density at radius 3 is 2.66 bits per heavy atom. The van der Waals surface area contributed by atoms with Crippen LogP contribution < -0.4 is 10.9 Å². The van der Waals surface area contributed by atoms with Crippen molar-refractivity contribution in [3.63, 3.8) is 0 Å². The summed E-state index contributed by atoms with van der Waals surface area (Å²) in [6.07, 6.45) is 2.04. The molecule has 1 amide bonds. The van der Waals surface area contributed by atoms with Crippen LogP contribution in [0.25, 0.3) is 16.5 Å². The Kier molecular flexibility index (Phi) is 5.98. The van der Waals surface area contributed by atoms with Crippen molar-refractivity contribution in [3.8, 4) is 5.69 Å². The Labute approximate surface area is 204 Å². The maximum absolute atomic E-state index is 13.6. The molecule has 0 saturated heterocycles. The summed E-state index contributed by atoms with van der Waals surface area (Å²) in [5, 5.41) is 13.4. The normalized spacial score (nSPS) is 13.4. The zero-order chi connectivity index (χ0) is 24.7. The summed E-state index contributed by atoms with van der Waals surface area (Å²) in [7, 11) is 0. The molecule has 10 heteroatoms. The molecule has 0 bridgehead atoms. The molecule has 0 radical (unpaired) electrons. The highest BCUT2D eigenvalue weighted by Gasteiger charge is 2.29. The van der Waals surface area contributed by atoms with Gasteiger partial charge in [0, 0.05) is 22.8 Å². The molecule has 35 heavy (non-hydrogen) atoms. The number of nitrogens with zero attached hydrogens (tertiary/aromatic N) is 3. The molecule has 1 saturated carbocycles. The van der Waals surface area contributed by atoms with Gasteiger partial charge in [0.1, 0.15) is 10.8 Å². The Bertz CT molecular complexity index is 1480. The molecule has 0 atom stereocenters. The molecular formula is C25H24N4O5S. The van der Waals surface area contributed by atoms with Crippen LogP contribution in [-0.2, 0) is 4.74 Å². The monoisotopic (exact) mass is 492 g/mol. The largest absolute Gasteiger partial charge is 0.461 e. The Balaban J connectivity index is 1.59. The van der Waals surface area contributed by atoms with Crippen LogP contribution in [0.4, 0.5) is 5.00 Å². The molecule has 5 rings (SSSR count). The number of aromatic nitrogens is 3. The van der Waals surface area contributed by atoms with E-state index < -0.39 is 17.4 Å². The van der Waals surface area contributed by atoms with Gasteiger partial charge in [-0.1, -0.05) is 31.1 Å². The smallest absolute Gasteiger partial charge is 0.359 e. The van der Waals surface area contributed by atoms with E-state index >= 15 is 0 Å². The first kappa shape index (κ1) is 23.0. The van der Waals surface area contributed by atoms with E-state index in [1.807, 2.05) is 12.1 Å². The molecule has 4 aromatic rings. The predicted octanol–water partition coefficient (Wildman–Crippen LogP) is 4.87. The van der Waals surface area contributed by atoms with Crippen LogP contribution in [0, 0.1) is 0 Å². The van der Waals surface area contributed by atoms with Gasteiger partial charge in [-0.15, -0.1) is 11.3 Å². The standard InChI is InChI=1S/C25H24N4O5S/c1-4-33-25(32)21-17-12-35-23(26-22(30)18-11-19(34-28-18)15-5-6-15)20(17)24(31)29(27-21)16-9-7-14(8-10-16)13(2)3/h7-13,15H,4-6H2,1-3H3,(H,26,30). The molecule has 9 nitrogen and oxygen atoms in total. The third-order valence-corrected chi connectivity index (χ3v) is 6.79. The van der Waals surface area contributed by atoms with Crippen LogP contribution in [0.15, 0.2) is 45.0 Å². The van der Waals surface area contributed by atoms with E-state index in [4.69, 9.17) is 9.26 Å². The Morgan fingerprint density at radius 1 is 1.26 bits per heavy atom. The Morgan fingerprint density at radius 2 is 2.00 bits per heavy atom. The van der Waals surface area contributed by atoms with Crippen molar-refractivity contribution in [2.24, 2.45) is 0 Å². The molecule has 1 aliphatic carbocycles. The summed E-state index contributed by atoms with van der Waals surface area (Å²) in [5.74, 6) is 0.186. The third kappa shape index (κ3) is 4.37. The molecule has 1 fully saturated rings. The number of anilines is 1. The second-order valence-electron chi connectivity index (χ2n) is 8.73. The molecule has 0 unspecified atom stereocenters. The lowest BCUT2D eigenvalue weighted by Gasteiger charge is -2.11. The van der Waals surface area contributed by atoms with Gasteiger partial charge in [0.05, 0.1) is 17.7 Å². The van der Waals surface area contributed by atoms with Gasteiger partial charge in [-0.05, 0) is 43.4 Å². The SMILES string of the molecule is CCOC(=O)c1nn(-c2ccc(C(C)C)cc2)c(=O)c2c(NC(=O)c3cc(C4CC4)on3)scc12. The van der Waals surface area contributed by atoms with Crippen LogP contribution >= 0.6 is 11.3 Å². The minimum atomic E-state index is -0.647. The summed E-state index contributed by atoms with van der Waals surface area (Å²) in [6, 6.07) is 9.03. The lowest BCUT2D eigenvalue weighted by atomic mass is 10.0. The number of esters is 1. The summed E-state index contributed by atoms with van der Waals surface area (Å²) in [6.45, 7) is 6.01. The fourth-order valence-corrected chi connectivity index (χ4v) is 4.72. The van der Waals surface area contributed by atoms with Gasteiger partial charge in [-0.25, -0.2) is 4.79 Å². The number of hydrogen-bond donors (Lipinski definition) is 1. The molecule has 3 heterocycles. The lowest BCUT2D eigenvalue weighted by Crippen LogP contribution is -2.25. The second kappa shape index (κ2) is 9.10. The minimum absolute atomic E-state index is 0.00332. The number of carbonyl (C=O) groups is 2. The number of amides is 1. The van der Waals surface area contributed by atoms with E-state index in [0.717, 1.165) is 29.7 Å². The number of hydrogen-bond acceptors (Lipinski definition) is 8. The average molecular weight is 493 g/mol. The Hall–Kier alpha value is -3.79. The van der Waals surface area contributed by atoms with Crippen LogP contribution in [0.1, 0.15) is 77.7 Å². The number of benzene rings is 1. The summed E-state index contributed by atoms with van der Waals surface area (Å²) in [4.78, 5) is 39.1. The molecule has 3 aromatic heterocycles. The van der Waals surface area contributed by atoms with E-state index in [9.17, 15) is 14.4 Å². The van der Waals surface area contributed by atoms with Gasteiger partial charge in [0.15, 0.2) is 11.4 Å². The number of nitrogens with one attached hydrogen (secondary N) is 1. The van der Waals surface area contributed by atoms with E-state index in [1.165, 1.54) is 4.68 Å². The fourth-order valence-electron chi connectivity index (χ4n) is 3.79. The number of rotatable bonds is 7. The van der Waals surface area contributed by atoms with Crippen LogP contribution in [0.3, 0.4) is 0 Å². The summed E-state index contributed by atoms with van der Waals surface area (Å²) >= 11 is 1.13. The quantitative estimate of drug-likeness (QED) is 0.366. The van der Waals surface area contributed by atoms with Crippen LogP contribution in [-0.4, -0.2) is 33.4 Å². The molecule has 1 aromatic carbocycles. The van der Waals surface area contributed by atoms with Crippen molar-refractivity contribution in [2.45, 2.75) is 45.4 Å². The number of fused-ring (bicyclic) bond motifs is 1. The number of carbonyl (C=O) groups excluding carboxylic acids is 2. The van der Waals surface area contributed by atoms with Gasteiger partial charge in [-0.2, -0.15) is 9.78 Å². The second-order valence-corrected chi connectivity index (χ2v) is 9.61. The number of thiophene rings is 1. The predicted molar refractivity (Wildman–Crippen MR) is 132 cm³/mol. The summed E-state index contributed by atoms with van der Waals surface area (Å²) in [5.41, 5.74) is 1.29. The molecule has 180 valence electrons. The highest BCUT2D eigenvalue weighted by molar-refractivity contribution is 7.16. The van der Waals surface area contributed by atoms with Gasteiger partial charge in [-0.3, -0.25) is 9.59 Å². The highest BCUT2D eigenvalue weighted by Crippen LogP contribution is 2.40. The molecular weight excluding hydrogens is 468 g/mol. The van der Waals surface area contributed by atoms with E-state index in [-0.39, 0.29) is 23.4 Å². The highest BCUT2D eigenvalue weighted by atomic mass is 32.1. The van der Waals surface area contributed by atoms with Gasteiger partial charge >= 0.3 is 5.97 Å². The lowest BCUT2D eigenvalue weighted by molar-refractivity contribution is 0.0520. The van der Waals surface area contributed by atoms with E-state index in [2.05, 4.69) is 29.4 Å². The molecule has 0 spiro atoms. The van der Waals surface area contributed by atoms with Crippen LogP contribution in [0.2, 0.25) is 0 Å². The van der Waals surface area contributed by atoms with Crippen molar-refractivity contribution >= 4 is 39.0 Å². The van der Waals surface area contributed by atoms with Crippen molar-refractivity contribution < 1.29 is 18.8 Å². The topological polar surface area (TPSA) is 116 Å². The third-order valence-electron chi connectivity index (χ3n) is 5.89.